The zero-order valence-electron chi connectivity index (χ0n) is 14.3. The van der Waals surface area contributed by atoms with Gasteiger partial charge in [0.2, 0.25) is 0 Å². The second-order valence-electron chi connectivity index (χ2n) is 6.30. The molecule has 0 saturated carbocycles. The lowest BCUT2D eigenvalue weighted by Crippen LogP contribution is -2.38. The molecule has 0 bridgehead atoms. The van der Waals surface area contributed by atoms with Crippen LogP contribution in [0.1, 0.15) is 24.0 Å². The molecule has 1 heterocycles. The quantitative estimate of drug-likeness (QED) is 0.716. The van der Waals surface area contributed by atoms with E-state index in [4.69, 9.17) is 20.6 Å². The molecule has 3 rings (SSSR count). The monoisotopic (exact) mass is 336 g/mol. The third-order valence-corrected chi connectivity index (χ3v) is 4.29. The molecule has 0 N–H and O–H groups in total. The van der Waals surface area contributed by atoms with Crippen LogP contribution in [0.5, 0.6) is 0 Å². The molecule has 1 saturated heterocycles. The molecule has 1 fully saturated rings. The Balaban J connectivity index is 1.47. The zero-order chi connectivity index (χ0) is 17.3. The summed E-state index contributed by atoms with van der Waals surface area (Å²) in [6, 6.07) is 20.3. The molecule has 3 heteroatoms. The van der Waals surface area contributed by atoms with Gasteiger partial charge in [0.15, 0.2) is 0 Å². The fourth-order valence-corrected chi connectivity index (χ4v) is 2.99. The third-order valence-electron chi connectivity index (χ3n) is 4.29. The van der Waals surface area contributed by atoms with Crippen LogP contribution >= 0.6 is 0 Å². The maximum absolute atomic E-state index is 6.06. The van der Waals surface area contributed by atoms with E-state index in [-0.39, 0.29) is 18.3 Å². The minimum Gasteiger partial charge on any atom is -0.374 e. The number of benzene rings is 2. The van der Waals surface area contributed by atoms with E-state index < -0.39 is 0 Å². The Morgan fingerprint density at radius 3 is 2.20 bits per heavy atom. The molecule has 2 aromatic carbocycles. The Bertz CT molecular complexity index is 663. The molecule has 130 valence electrons. The summed E-state index contributed by atoms with van der Waals surface area (Å²) in [5.74, 6) is 2.71. The molecule has 2 aromatic rings. The van der Waals surface area contributed by atoms with Crippen molar-refractivity contribution in [1.82, 2.24) is 0 Å². The standard InChI is InChI=1S/C22H24O3/c1-2-20-13-21(24-16-19-11-7-4-8-12-19)14-22(25-20)17-23-15-18-9-5-3-6-10-18/h1,3-12,20-22H,13-17H2. The van der Waals surface area contributed by atoms with Crippen molar-refractivity contribution < 1.29 is 14.2 Å². The van der Waals surface area contributed by atoms with Gasteiger partial charge in [0.25, 0.3) is 0 Å². The molecular weight excluding hydrogens is 312 g/mol. The van der Waals surface area contributed by atoms with Gasteiger partial charge in [-0.1, -0.05) is 66.6 Å². The van der Waals surface area contributed by atoms with Crippen molar-refractivity contribution in [3.8, 4) is 12.3 Å². The first-order valence-corrected chi connectivity index (χ1v) is 8.72. The van der Waals surface area contributed by atoms with E-state index in [1.165, 1.54) is 5.56 Å². The molecule has 1 aliphatic rings. The smallest absolute Gasteiger partial charge is 0.120 e. The molecule has 25 heavy (non-hydrogen) atoms. The topological polar surface area (TPSA) is 27.7 Å². The van der Waals surface area contributed by atoms with Crippen LogP contribution in [0.4, 0.5) is 0 Å². The van der Waals surface area contributed by atoms with Gasteiger partial charge in [0.1, 0.15) is 6.10 Å². The fraction of sp³-hybridized carbons (Fsp3) is 0.364. The lowest BCUT2D eigenvalue weighted by molar-refractivity contribution is -0.123. The van der Waals surface area contributed by atoms with Crippen molar-refractivity contribution in [3.05, 3.63) is 71.8 Å². The van der Waals surface area contributed by atoms with Crippen LogP contribution in [0.3, 0.4) is 0 Å². The highest BCUT2D eigenvalue weighted by atomic mass is 16.5. The van der Waals surface area contributed by atoms with Gasteiger partial charge in [-0.05, 0) is 11.1 Å². The first-order chi connectivity index (χ1) is 12.3. The number of ether oxygens (including phenoxy) is 3. The molecule has 0 radical (unpaired) electrons. The van der Waals surface area contributed by atoms with E-state index >= 15 is 0 Å². The number of rotatable bonds is 7. The summed E-state index contributed by atoms with van der Waals surface area (Å²) in [6.45, 7) is 1.70. The van der Waals surface area contributed by atoms with Crippen LogP contribution in [0.25, 0.3) is 0 Å². The zero-order valence-corrected chi connectivity index (χ0v) is 14.3. The molecule has 1 aliphatic heterocycles. The van der Waals surface area contributed by atoms with Crippen molar-refractivity contribution in [1.29, 1.82) is 0 Å². The van der Waals surface area contributed by atoms with Gasteiger partial charge >= 0.3 is 0 Å². The summed E-state index contributed by atoms with van der Waals surface area (Å²) in [5.41, 5.74) is 2.33. The van der Waals surface area contributed by atoms with Gasteiger partial charge < -0.3 is 14.2 Å². The Hall–Kier alpha value is -2.12. The predicted octanol–water partition coefficient (Wildman–Crippen LogP) is 3.97. The Labute approximate surface area is 149 Å². The van der Waals surface area contributed by atoms with Crippen LogP contribution in [0.2, 0.25) is 0 Å². The first-order valence-electron chi connectivity index (χ1n) is 8.72. The SMILES string of the molecule is C#CC1CC(OCc2ccccc2)CC(COCc2ccccc2)O1. The van der Waals surface area contributed by atoms with Gasteiger partial charge in [-0.2, -0.15) is 0 Å². The molecule has 3 unspecified atom stereocenters. The highest BCUT2D eigenvalue weighted by Crippen LogP contribution is 2.23. The highest BCUT2D eigenvalue weighted by Gasteiger charge is 2.29. The van der Waals surface area contributed by atoms with Gasteiger partial charge in [0.05, 0.1) is 32.0 Å². The van der Waals surface area contributed by atoms with E-state index in [1.807, 2.05) is 36.4 Å². The molecular formula is C22H24O3. The van der Waals surface area contributed by atoms with Crippen molar-refractivity contribution in [2.45, 2.75) is 44.4 Å². The summed E-state index contributed by atoms with van der Waals surface area (Å²) in [6.07, 6.45) is 6.98. The fourth-order valence-electron chi connectivity index (χ4n) is 2.99. The van der Waals surface area contributed by atoms with Gasteiger partial charge in [0, 0.05) is 12.8 Å². The first kappa shape index (κ1) is 17.7. The summed E-state index contributed by atoms with van der Waals surface area (Å²) in [5, 5.41) is 0. The maximum atomic E-state index is 6.06. The van der Waals surface area contributed by atoms with Crippen LogP contribution in [0.15, 0.2) is 60.7 Å². The summed E-state index contributed by atoms with van der Waals surface area (Å²) in [4.78, 5) is 0. The number of terminal acetylenes is 1. The van der Waals surface area contributed by atoms with E-state index in [1.54, 1.807) is 0 Å². The van der Waals surface area contributed by atoms with E-state index in [9.17, 15) is 0 Å². The van der Waals surface area contributed by atoms with Crippen LogP contribution in [-0.2, 0) is 27.4 Å². The Morgan fingerprint density at radius 1 is 0.920 bits per heavy atom. The normalized spacial score (nSPS) is 23.1. The molecule has 0 aromatic heterocycles. The lowest BCUT2D eigenvalue weighted by Gasteiger charge is -2.33. The van der Waals surface area contributed by atoms with Crippen LogP contribution in [0, 0.1) is 12.3 Å². The molecule has 0 amide bonds. The third kappa shape index (κ3) is 5.72. The maximum Gasteiger partial charge on any atom is 0.120 e. The Kier molecular flexibility index (Phi) is 6.64. The summed E-state index contributed by atoms with van der Waals surface area (Å²) in [7, 11) is 0. The molecule has 3 atom stereocenters. The van der Waals surface area contributed by atoms with Crippen molar-refractivity contribution in [3.63, 3.8) is 0 Å². The van der Waals surface area contributed by atoms with Crippen LogP contribution < -0.4 is 0 Å². The van der Waals surface area contributed by atoms with Crippen molar-refractivity contribution >= 4 is 0 Å². The van der Waals surface area contributed by atoms with Gasteiger partial charge in [-0.3, -0.25) is 0 Å². The summed E-state index contributed by atoms with van der Waals surface area (Å²) >= 11 is 0. The molecule has 3 nitrogen and oxygen atoms in total. The molecule has 0 spiro atoms. The largest absolute Gasteiger partial charge is 0.374 e. The van der Waals surface area contributed by atoms with E-state index in [0.29, 0.717) is 19.8 Å². The average molecular weight is 336 g/mol. The van der Waals surface area contributed by atoms with Crippen LogP contribution in [-0.4, -0.2) is 24.9 Å². The number of hydrogen-bond acceptors (Lipinski definition) is 3. The predicted molar refractivity (Wildman–Crippen MR) is 97.8 cm³/mol. The summed E-state index contributed by atoms with van der Waals surface area (Å²) < 4.78 is 17.8. The highest BCUT2D eigenvalue weighted by molar-refractivity contribution is 5.14. The Morgan fingerprint density at radius 2 is 1.56 bits per heavy atom. The van der Waals surface area contributed by atoms with E-state index in [2.05, 4.69) is 30.2 Å². The minimum absolute atomic E-state index is 0.0284. The lowest BCUT2D eigenvalue weighted by atomic mass is 10.0. The number of hydrogen-bond donors (Lipinski definition) is 0. The molecule has 0 aliphatic carbocycles. The second kappa shape index (κ2) is 9.39. The average Bonchev–Trinajstić information content (AvgIpc) is 2.68. The minimum atomic E-state index is -0.208. The van der Waals surface area contributed by atoms with E-state index in [0.717, 1.165) is 18.4 Å². The second-order valence-corrected chi connectivity index (χ2v) is 6.30. The van der Waals surface area contributed by atoms with Gasteiger partial charge in [-0.15, -0.1) is 6.42 Å². The van der Waals surface area contributed by atoms with Crippen molar-refractivity contribution in [2.75, 3.05) is 6.61 Å². The van der Waals surface area contributed by atoms with Gasteiger partial charge in [-0.25, -0.2) is 0 Å². The van der Waals surface area contributed by atoms with Crippen molar-refractivity contribution in [2.24, 2.45) is 0 Å².